The van der Waals surface area contributed by atoms with Crippen molar-refractivity contribution in [1.82, 2.24) is 0 Å². The van der Waals surface area contributed by atoms with Crippen LogP contribution in [0.25, 0.3) is 0 Å². The van der Waals surface area contributed by atoms with Crippen molar-refractivity contribution in [1.29, 1.82) is 0 Å². The molecule has 2 atom stereocenters. The van der Waals surface area contributed by atoms with Crippen LogP contribution in [0.5, 0.6) is 0 Å². The van der Waals surface area contributed by atoms with E-state index < -0.39 is 6.17 Å². The van der Waals surface area contributed by atoms with Gasteiger partial charge in [0.15, 0.2) is 0 Å². The number of hydrogen-bond donors (Lipinski definition) is 1. The minimum Gasteiger partial charge on any atom is -0.325 e. The summed E-state index contributed by atoms with van der Waals surface area (Å²) in [7, 11) is 0. The van der Waals surface area contributed by atoms with Crippen molar-refractivity contribution in [2.24, 2.45) is 11.7 Å². The van der Waals surface area contributed by atoms with Crippen molar-refractivity contribution in [2.45, 2.75) is 38.4 Å². The fraction of sp³-hybridized carbons (Fsp3) is 1.00. The van der Waals surface area contributed by atoms with Crippen molar-refractivity contribution in [3.63, 3.8) is 0 Å². The van der Waals surface area contributed by atoms with Crippen LogP contribution >= 0.6 is 0 Å². The van der Waals surface area contributed by atoms with Gasteiger partial charge in [-0.05, 0) is 19.3 Å². The summed E-state index contributed by atoms with van der Waals surface area (Å²) >= 11 is 0. The van der Waals surface area contributed by atoms with E-state index in [9.17, 15) is 4.39 Å². The molecule has 0 aromatic carbocycles. The number of halogens is 1. The van der Waals surface area contributed by atoms with Gasteiger partial charge in [0.2, 0.25) is 0 Å². The van der Waals surface area contributed by atoms with E-state index in [-0.39, 0.29) is 6.04 Å². The van der Waals surface area contributed by atoms with Gasteiger partial charge in [0.1, 0.15) is 6.17 Å². The second-order valence-electron chi connectivity index (χ2n) is 3.05. The molecule has 0 saturated heterocycles. The van der Waals surface area contributed by atoms with Crippen LogP contribution in [0.4, 0.5) is 4.39 Å². The molecule has 0 spiro atoms. The van der Waals surface area contributed by atoms with Gasteiger partial charge < -0.3 is 5.73 Å². The first-order valence-corrected chi connectivity index (χ1v) is 3.60. The predicted octanol–water partition coefficient (Wildman–Crippen LogP) is 1.47. The summed E-state index contributed by atoms with van der Waals surface area (Å²) in [5.41, 5.74) is 5.34. The molecule has 2 heteroatoms. The van der Waals surface area contributed by atoms with E-state index >= 15 is 0 Å². The monoisotopic (exact) mass is 131 g/mol. The number of nitrogens with two attached hydrogens (primary N) is 1. The lowest BCUT2D eigenvalue weighted by atomic mass is 10.1. The molecule has 9 heavy (non-hydrogen) atoms. The van der Waals surface area contributed by atoms with Gasteiger partial charge in [-0.25, -0.2) is 4.39 Å². The zero-order chi connectivity index (χ0) is 6.85. The molecule has 0 radical (unpaired) electrons. The highest BCUT2D eigenvalue weighted by Crippen LogP contribution is 2.34. The molecule has 0 amide bonds. The average molecular weight is 131 g/mol. The summed E-state index contributed by atoms with van der Waals surface area (Å²) in [6.07, 6.45) is 2.36. The van der Waals surface area contributed by atoms with Crippen LogP contribution in [-0.4, -0.2) is 12.2 Å². The van der Waals surface area contributed by atoms with Gasteiger partial charge in [-0.3, -0.25) is 0 Å². The lowest BCUT2D eigenvalue weighted by molar-refractivity contribution is 0.264. The van der Waals surface area contributed by atoms with E-state index in [1.54, 1.807) is 6.92 Å². The van der Waals surface area contributed by atoms with Gasteiger partial charge in [0.25, 0.3) is 0 Å². The van der Waals surface area contributed by atoms with E-state index in [4.69, 9.17) is 5.73 Å². The quantitative estimate of drug-likeness (QED) is 0.616. The zero-order valence-corrected chi connectivity index (χ0v) is 5.81. The summed E-state index contributed by atoms with van der Waals surface area (Å²) in [4.78, 5) is 0. The first-order chi connectivity index (χ1) is 4.20. The number of rotatable bonds is 3. The van der Waals surface area contributed by atoms with Gasteiger partial charge in [0.05, 0.1) is 0 Å². The van der Waals surface area contributed by atoms with Gasteiger partial charge >= 0.3 is 0 Å². The molecule has 0 heterocycles. The van der Waals surface area contributed by atoms with Crippen LogP contribution in [0.15, 0.2) is 0 Å². The Morgan fingerprint density at radius 3 is 2.56 bits per heavy atom. The van der Waals surface area contributed by atoms with Gasteiger partial charge in [0, 0.05) is 6.04 Å². The highest BCUT2D eigenvalue weighted by Gasteiger charge is 2.26. The first-order valence-electron chi connectivity index (χ1n) is 3.60. The Hall–Kier alpha value is -0.110. The molecule has 0 bridgehead atoms. The van der Waals surface area contributed by atoms with E-state index in [0.29, 0.717) is 12.3 Å². The second-order valence-corrected chi connectivity index (χ2v) is 3.05. The van der Waals surface area contributed by atoms with Crippen molar-refractivity contribution in [3.8, 4) is 0 Å². The summed E-state index contributed by atoms with van der Waals surface area (Å²) in [5, 5.41) is 0. The van der Waals surface area contributed by atoms with Gasteiger partial charge in [-0.1, -0.05) is 12.8 Å². The molecule has 1 aliphatic carbocycles. The Bertz CT molecular complexity index is 88.9. The summed E-state index contributed by atoms with van der Waals surface area (Å²) in [6, 6.07) is -0.273. The maximum atomic E-state index is 12.7. The minimum absolute atomic E-state index is 0.273. The van der Waals surface area contributed by atoms with Crippen molar-refractivity contribution in [2.75, 3.05) is 0 Å². The zero-order valence-electron chi connectivity index (χ0n) is 5.81. The van der Waals surface area contributed by atoms with Crippen LogP contribution in [0.2, 0.25) is 0 Å². The minimum atomic E-state index is -0.766. The lowest BCUT2D eigenvalue weighted by Crippen LogP contribution is -2.28. The molecule has 0 aromatic rings. The van der Waals surface area contributed by atoms with Crippen molar-refractivity contribution in [3.05, 3.63) is 0 Å². The third-order valence-corrected chi connectivity index (χ3v) is 1.83. The number of hydrogen-bond acceptors (Lipinski definition) is 1. The number of alkyl halides is 1. The Morgan fingerprint density at radius 1 is 1.67 bits per heavy atom. The van der Waals surface area contributed by atoms with Crippen LogP contribution in [0.3, 0.4) is 0 Å². The molecule has 0 aromatic heterocycles. The van der Waals surface area contributed by atoms with Crippen LogP contribution < -0.4 is 5.73 Å². The van der Waals surface area contributed by atoms with E-state index in [1.807, 2.05) is 0 Å². The topological polar surface area (TPSA) is 26.0 Å². The molecule has 54 valence electrons. The van der Waals surface area contributed by atoms with Crippen molar-refractivity contribution < 1.29 is 4.39 Å². The highest BCUT2D eigenvalue weighted by molar-refractivity contribution is 4.79. The normalized spacial score (nSPS) is 25.7. The average Bonchev–Trinajstić information content (AvgIpc) is 2.50. The predicted molar refractivity (Wildman–Crippen MR) is 35.9 cm³/mol. The molecular weight excluding hydrogens is 117 g/mol. The molecule has 2 unspecified atom stereocenters. The van der Waals surface area contributed by atoms with Crippen molar-refractivity contribution >= 4 is 0 Å². The largest absolute Gasteiger partial charge is 0.325 e. The maximum absolute atomic E-state index is 12.7. The van der Waals surface area contributed by atoms with E-state index in [1.165, 1.54) is 12.8 Å². The summed E-state index contributed by atoms with van der Waals surface area (Å²) in [6.45, 7) is 1.73. The molecule has 2 N–H and O–H groups in total. The van der Waals surface area contributed by atoms with Gasteiger partial charge in [-0.15, -0.1) is 0 Å². The third-order valence-electron chi connectivity index (χ3n) is 1.83. The van der Waals surface area contributed by atoms with Gasteiger partial charge in [-0.2, -0.15) is 0 Å². The molecule has 1 saturated carbocycles. The molecule has 1 rings (SSSR count). The Morgan fingerprint density at radius 2 is 2.22 bits per heavy atom. The smallest absolute Gasteiger partial charge is 0.115 e. The fourth-order valence-electron chi connectivity index (χ4n) is 0.887. The Balaban J connectivity index is 2.09. The lowest BCUT2D eigenvalue weighted by Gasteiger charge is -2.09. The highest BCUT2D eigenvalue weighted by atomic mass is 19.1. The first kappa shape index (κ1) is 7.00. The van der Waals surface area contributed by atoms with Crippen LogP contribution in [-0.2, 0) is 0 Å². The molecule has 1 aliphatic rings. The SMILES string of the molecule is CC(N)C(F)CC1CC1. The maximum Gasteiger partial charge on any atom is 0.115 e. The standard InChI is InChI=1S/C7H14FN/c1-5(9)7(8)4-6-2-3-6/h5-7H,2-4,9H2,1H3. The van der Waals surface area contributed by atoms with Crippen LogP contribution in [0, 0.1) is 5.92 Å². The molecule has 0 aliphatic heterocycles. The molecular formula is C7H14FN. The summed E-state index contributed by atoms with van der Waals surface area (Å²) < 4.78 is 12.7. The van der Waals surface area contributed by atoms with E-state index in [0.717, 1.165) is 0 Å². The summed E-state index contributed by atoms with van der Waals surface area (Å²) in [5.74, 6) is 0.658. The second kappa shape index (κ2) is 2.65. The fourth-order valence-corrected chi connectivity index (χ4v) is 0.887. The molecule has 1 nitrogen and oxygen atoms in total. The Labute approximate surface area is 55.4 Å². The Kier molecular flexibility index (Phi) is 2.06. The van der Waals surface area contributed by atoms with Crippen LogP contribution in [0.1, 0.15) is 26.2 Å². The molecule has 1 fully saturated rings. The van der Waals surface area contributed by atoms with E-state index in [2.05, 4.69) is 0 Å². The third kappa shape index (κ3) is 2.31.